The summed E-state index contributed by atoms with van der Waals surface area (Å²) < 4.78 is 0. The van der Waals surface area contributed by atoms with E-state index in [4.69, 9.17) is 0 Å². The average molecular weight is 238 g/mol. The van der Waals surface area contributed by atoms with Gasteiger partial charge in [0, 0.05) is 0 Å². The largest absolute Gasteiger partial charge is 0.508 e. The van der Waals surface area contributed by atoms with Crippen LogP contribution in [0.5, 0.6) is 5.75 Å². The topological polar surface area (TPSA) is 60.7 Å². The number of aliphatic hydroxyl groups is 2. The summed E-state index contributed by atoms with van der Waals surface area (Å²) in [6.07, 6.45) is 0.629. The van der Waals surface area contributed by atoms with E-state index in [-0.39, 0.29) is 11.7 Å². The maximum atomic E-state index is 9.84. The highest BCUT2D eigenvalue weighted by Gasteiger charge is 2.19. The molecule has 0 heterocycles. The standard InChI is InChI=1S/C14H22O3/c1-3-5-13(16)14(17)8-10(2)11-6-4-7-12(15)9-11/h4,6-7,9-10,13-17H,3,5,8H2,1-2H3. The van der Waals surface area contributed by atoms with Gasteiger partial charge in [0.2, 0.25) is 0 Å². The van der Waals surface area contributed by atoms with Gasteiger partial charge in [-0.15, -0.1) is 0 Å². The number of hydrogen-bond acceptors (Lipinski definition) is 3. The van der Waals surface area contributed by atoms with Crippen LogP contribution in [0.15, 0.2) is 24.3 Å². The summed E-state index contributed by atoms with van der Waals surface area (Å²) in [7, 11) is 0. The summed E-state index contributed by atoms with van der Waals surface area (Å²) in [5.74, 6) is 0.349. The van der Waals surface area contributed by atoms with E-state index in [1.54, 1.807) is 18.2 Å². The second-order valence-corrected chi connectivity index (χ2v) is 4.66. The Morgan fingerprint density at radius 3 is 2.47 bits per heavy atom. The average Bonchev–Trinajstić information content (AvgIpc) is 2.29. The second kappa shape index (κ2) is 6.62. The van der Waals surface area contributed by atoms with Crippen molar-refractivity contribution in [2.75, 3.05) is 0 Å². The third-order valence-electron chi connectivity index (χ3n) is 3.06. The summed E-state index contributed by atoms with van der Waals surface area (Å²) >= 11 is 0. The summed E-state index contributed by atoms with van der Waals surface area (Å²) in [6.45, 7) is 3.96. The summed E-state index contributed by atoms with van der Waals surface area (Å²) in [6, 6.07) is 7.03. The molecule has 0 aliphatic carbocycles. The first kappa shape index (κ1) is 14.0. The number of aliphatic hydroxyl groups excluding tert-OH is 2. The van der Waals surface area contributed by atoms with Gasteiger partial charge in [0.05, 0.1) is 12.2 Å². The van der Waals surface area contributed by atoms with E-state index in [0.717, 1.165) is 12.0 Å². The maximum Gasteiger partial charge on any atom is 0.115 e. The number of phenols is 1. The lowest BCUT2D eigenvalue weighted by molar-refractivity contribution is 0.00637. The van der Waals surface area contributed by atoms with Crippen LogP contribution in [0.4, 0.5) is 0 Å². The molecule has 3 N–H and O–H groups in total. The Bertz CT molecular complexity index is 338. The number of hydrogen-bond donors (Lipinski definition) is 3. The van der Waals surface area contributed by atoms with Gasteiger partial charge in [0.1, 0.15) is 5.75 Å². The van der Waals surface area contributed by atoms with Crippen LogP contribution < -0.4 is 0 Å². The minimum Gasteiger partial charge on any atom is -0.508 e. The van der Waals surface area contributed by atoms with Crippen molar-refractivity contribution in [1.29, 1.82) is 0 Å². The van der Waals surface area contributed by atoms with Crippen LogP contribution in [0, 0.1) is 0 Å². The molecule has 1 aromatic rings. The molecule has 0 bridgehead atoms. The van der Waals surface area contributed by atoms with Crippen LogP contribution in [0.2, 0.25) is 0 Å². The summed E-state index contributed by atoms with van der Waals surface area (Å²) in [5.41, 5.74) is 0.979. The third-order valence-corrected chi connectivity index (χ3v) is 3.06. The Hall–Kier alpha value is -1.06. The minimum atomic E-state index is -0.702. The molecule has 0 aliphatic heterocycles. The molecule has 0 saturated heterocycles. The van der Waals surface area contributed by atoms with Gasteiger partial charge in [-0.3, -0.25) is 0 Å². The Morgan fingerprint density at radius 1 is 1.18 bits per heavy atom. The van der Waals surface area contributed by atoms with Crippen molar-refractivity contribution < 1.29 is 15.3 Å². The van der Waals surface area contributed by atoms with Crippen LogP contribution in [-0.2, 0) is 0 Å². The molecular weight excluding hydrogens is 216 g/mol. The van der Waals surface area contributed by atoms with Crippen LogP contribution in [0.3, 0.4) is 0 Å². The van der Waals surface area contributed by atoms with E-state index in [9.17, 15) is 15.3 Å². The Balaban J connectivity index is 2.56. The van der Waals surface area contributed by atoms with Gasteiger partial charge in [-0.2, -0.15) is 0 Å². The van der Waals surface area contributed by atoms with Crippen molar-refractivity contribution in [1.82, 2.24) is 0 Å². The van der Waals surface area contributed by atoms with E-state index in [0.29, 0.717) is 12.8 Å². The first-order chi connectivity index (χ1) is 8.04. The maximum absolute atomic E-state index is 9.84. The number of phenolic OH excluding ortho intramolecular Hbond substituents is 1. The molecule has 0 aliphatic rings. The van der Waals surface area contributed by atoms with Crippen LogP contribution >= 0.6 is 0 Å². The molecule has 0 aromatic heterocycles. The van der Waals surface area contributed by atoms with E-state index in [1.807, 2.05) is 19.9 Å². The second-order valence-electron chi connectivity index (χ2n) is 4.66. The zero-order valence-corrected chi connectivity index (χ0v) is 10.5. The van der Waals surface area contributed by atoms with Crippen molar-refractivity contribution >= 4 is 0 Å². The van der Waals surface area contributed by atoms with Crippen LogP contribution in [0.25, 0.3) is 0 Å². The molecule has 3 atom stereocenters. The molecule has 96 valence electrons. The minimum absolute atomic E-state index is 0.114. The normalized spacial score (nSPS) is 16.5. The monoisotopic (exact) mass is 238 g/mol. The van der Waals surface area contributed by atoms with E-state index in [2.05, 4.69) is 0 Å². The lowest BCUT2D eigenvalue weighted by Crippen LogP contribution is -2.27. The molecule has 17 heavy (non-hydrogen) atoms. The van der Waals surface area contributed by atoms with Gasteiger partial charge < -0.3 is 15.3 Å². The highest BCUT2D eigenvalue weighted by molar-refractivity contribution is 5.29. The number of aromatic hydroxyl groups is 1. The molecule has 0 radical (unpaired) electrons. The van der Waals surface area contributed by atoms with Gasteiger partial charge in [-0.05, 0) is 36.5 Å². The van der Waals surface area contributed by atoms with Crippen molar-refractivity contribution in [2.24, 2.45) is 0 Å². The molecule has 0 fully saturated rings. The highest BCUT2D eigenvalue weighted by atomic mass is 16.3. The smallest absolute Gasteiger partial charge is 0.115 e. The molecular formula is C14H22O3. The highest BCUT2D eigenvalue weighted by Crippen LogP contribution is 2.25. The quantitative estimate of drug-likeness (QED) is 0.713. The van der Waals surface area contributed by atoms with Gasteiger partial charge in [0.15, 0.2) is 0 Å². The van der Waals surface area contributed by atoms with Gasteiger partial charge in [0.25, 0.3) is 0 Å². The fraction of sp³-hybridized carbons (Fsp3) is 0.571. The SMILES string of the molecule is CCCC(O)C(O)CC(C)c1cccc(O)c1. The molecule has 3 unspecified atom stereocenters. The molecule has 1 rings (SSSR count). The Morgan fingerprint density at radius 2 is 1.88 bits per heavy atom. The fourth-order valence-corrected chi connectivity index (χ4v) is 1.97. The molecule has 0 spiro atoms. The lowest BCUT2D eigenvalue weighted by atomic mass is 9.92. The molecule has 0 saturated carbocycles. The van der Waals surface area contributed by atoms with Crippen molar-refractivity contribution in [2.45, 2.75) is 51.2 Å². The first-order valence-corrected chi connectivity index (χ1v) is 6.19. The number of benzene rings is 1. The third kappa shape index (κ3) is 4.36. The molecule has 0 amide bonds. The van der Waals surface area contributed by atoms with Gasteiger partial charge >= 0.3 is 0 Å². The fourth-order valence-electron chi connectivity index (χ4n) is 1.97. The Labute approximate surface area is 103 Å². The summed E-state index contributed by atoms with van der Waals surface area (Å²) in [4.78, 5) is 0. The van der Waals surface area contributed by atoms with Gasteiger partial charge in [-0.25, -0.2) is 0 Å². The van der Waals surface area contributed by atoms with Crippen LogP contribution in [-0.4, -0.2) is 27.5 Å². The van der Waals surface area contributed by atoms with E-state index < -0.39 is 12.2 Å². The van der Waals surface area contributed by atoms with Crippen molar-refractivity contribution in [3.63, 3.8) is 0 Å². The zero-order valence-electron chi connectivity index (χ0n) is 10.5. The first-order valence-electron chi connectivity index (χ1n) is 6.19. The van der Waals surface area contributed by atoms with Crippen molar-refractivity contribution in [3.05, 3.63) is 29.8 Å². The van der Waals surface area contributed by atoms with E-state index >= 15 is 0 Å². The lowest BCUT2D eigenvalue weighted by Gasteiger charge is -2.21. The molecule has 3 nitrogen and oxygen atoms in total. The Kier molecular flexibility index (Phi) is 5.45. The van der Waals surface area contributed by atoms with Gasteiger partial charge in [-0.1, -0.05) is 32.4 Å². The van der Waals surface area contributed by atoms with Crippen LogP contribution in [0.1, 0.15) is 44.6 Å². The predicted octanol–water partition coefficient (Wildman–Crippen LogP) is 2.41. The zero-order chi connectivity index (χ0) is 12.8. The molecule has 1 aromatic carbocycles. The molecule has 3 heteroatoms. The van der Waals surface area contributed by atoms with Crippen molar-refractivity contribution in [3.8, 4) is 5.75 Å². The summed E-state index contributed by atoms with van der Waals surface area (Å²) in [5, 5.41) is 28.9. The number of rotatable bonds is 6. The van der Waals surface area contributed by atoms with E-state index in [1.165, 1.54) is 0 Å². The predicted molar refractivity (Wildman–Crippen MR) is 68.1 cm³/mol.